The van der Waals surface area contributed by atoms with Gasteiger partial charge in [0.2, 0.25) is 11.8 Å². The van der Waals surface area contributed by atoms with Gasteiger partial charge in [-0.05, 0) is 76.8 Å². The number of methoxy groups -OCH3 is 1. The van der Waals surface area contributed by atoms with E-state index in [1.54, 1.807) is 24.3 Å². The first-order chi connectivity index (χ1) is 16.8. The summed E-state index contributed by atoms with van der Waals surface area (Å²) in [6.07, 6.45) is 1.09. The largest absolute Gasteiger partial charge is 0.493 e. The second-order valence-corrected chi connectivity index (χ2v) is 8.99. The Bertz CT molecular complexity index is 1260. The molecule has 0 heterocycles. The number of hydrazone groups is 1. The van der Waals surface area contributed by atoms with Gasteiger partial charge in [-0.3, -0.25) is 9.59 Å². The number of carbonyl (C=O) groups excluding carboxylic acids is 2. The molecule has 0 aliphatic heterocycles. The van der Waals surface area contributed by atoms with Crippen molar-refractivity contribution in [2.75, 3.05) is 12.4 Å². The van der Waals surface area contributed by atoms with Crippen LogP contribution in [0.5, 0.6) is 11.5 Å². The minimum atomic E-state index is -0.534. The Hall–Kier alpha value is -3.36. The van der Waals surface area contributed by atoms with E-state index >= 15 is 0 Å². The quantitative estimate of drug-likeness (QED) is 0.198. The average molecular weight is 559 g/mol. The number of aryl methyl sites for hydroxylation is 2. The molecule has 3 aromatic rings. The third-order valence-corrected chi connectivity index (χ3v) is 6.05. The van der Waals surface area contributed by atoms with Crippen LogP contribution in [0.25, 0.3) is 0 Å². The third kappa shape index (κ3) is 7.56. The van der Waals surface area contributed by atoms with Crippen LogP contribution in [0.2, 0.25) is 5.02 Å². The van der Waals surface area contributed by atoms with Crippen molar-refractivity contribution in [3.63, 3.8) is 0 Å². The van der Waals surface area contributed by atoms with Crippen molar-refractivity contribution in [2.45, 2.75) is 26.9 Å². The Morgan fingerprint density at radius 3 is 2.54 bits per heavy atom. The number of benzene rings is 3. The maximum atomic E-state index is 12.1. The Labute approximate surface area is 217 Å². The molecule has 0 radical (unpaired) electrons. The standard InChI is InChI=1S/C26H25BrClN3O4/c1-16-8-9-20(10-17(16)2)30-24(32)13-25(33)31-29-14-18-11-21(27)26(23(12-18)34-3)35-15-19-6-4-5-7-22(19)28/h4-12,14H,13,15H2,1-3H3,(H,30,32)(H,31,33). The smallest absolute Gasteiger partial charge is 0.249 e. The van der Waals surface area contributed by atoms with Crippen LogP contribution in [0, 0.1) is 13.8 Å². The second-order valence-electron chi connectivity index (χ2n) is 7.73. The van der Waals surface area contributed by atoms with Crippen LogP contribution < -0.4 is 20.2 Å². The number of hydrogen-bond donors (Lipinski definition) is 2. The highest BCUT2D eigenvalue weighted by atomic mass is 79.9. The second kappa shape index (κ2) is 12.4. The number of nitrogens with one attached hydrogen (secondary N) is 2. The van der Waals surface area contributed by atoms with Crippen LogP contribution in [-0.2, 0) is 16.2 Å². The van der Waals surface area contributed by atoms with E-state index in [9.17, 15) is 9.59 Å². The normalized spacial score (nSPS) is 10.8. The van der Waals surface area contributed by atoms with Crippen LogP contribution in [-0.4, -0.2) is 25.1 Å². The number of amides is 2. The van der Waals surface area contributed by atoms with Crippen molar-refractivity contribution in [3.8, 4) is 11.5 Å². The fraction of sp³-hybridized carbons (Fsp3) is 0.192. The van der Waals surface area contributed by atoms with Gasteiger partial charge >= 0.3 is 0 Å². The van der Waals surface area contributed by atoms with Crippen LogP contribution >= 0.6 is 27.5 Å². The van der Waals surface area contributed by atoms with Gasteiger partial charge in [-0.15, -0.1) is 0 Å². The van der Waals surface area contributed by atoms with Crippen molar-refractivity contribution >= 4 is 51.2 Å². The monoisotopic (exact) mass is 557 g/mol. The maximum absolute atomic E-state index is 12.1. The molecule has 3 aromatic carbocycles. The minimum Gasteiger partial charge on any atom is -0.493 e. The van der Waals surface area contributed by atoms with Gasteiger partial charge in [-0.1, -0.05) is 35.9 Å². The number of anilines is 1. The molecule has 7 nitrogen and oxygen atoms in total. The van der Waals surface area contributed by atoms with E-state index in [2.05, 4.69) is 31.8 Å². The summed E-state index contributed by atoms with van der Waals surface area (Å²) in [5, 5.41) is 7.26. The number of ether oxygens (including phenoxy) is 2. The molecular formula is C26H25BrClN3O4. The molecule has 0 aromatic heterocycles. The Balaban J connectivity index is 1.57. The zero-order valence-corrected chi connectivity index (χ0v) is 21.9. The zero-order valence-electron chi connectivity index (χ0n) is 19.5. The lowest BCUT2D eigenvalue weighted by Gasteiger charge is -2.14. The topological polar surface area (TPSA) is 89.0 Å². The molecule has 0 unspecified atom stereocenters. The highest BCUT2D eigenvalue weighted by Gasteiger charge is 2.13. The third-order valence-electron chi connectivity index (χ3n) is 5.10. The van der Waals surface area contributed by atoms with Gasteiger partial charge in [-0.25, -0.2) is 5.43 Å². The maximum Gasteiger partial charge on any atom is 0.249 e. The molecule has 2 N–H and O–H groups in total. The molecule has 0 spiro atoms. The molecule has 0 bridgehead atoms. The summed E-state index contributed by atoms with van der Waals surface area (Å²) in [5.41, 5.74) is 6.68. The lowest BCUT2D eigenvalue weighted by molar-refractivity contribution is -0.126. The zero-order chi connectivity index (χ0) is 25.4. The molecule has 2 amide bonds. The predicted molar refractivity (Wildman–Crippen MR) is 141 cm³/mol. The fourth-order valence-corrected chi connectivity index (χ4v) is 3.87. The minimum absolute atomic E-state index is 0.266. The SMILES string of the molecule is COc1cc(C=NNC(=O)CC(=O)Nc2ccc(C)c(C)c2)cc(Br)c1OCc1ccccc1Cl. The lowest BCUT2D eigenvalue weighted by atomic mass is 10.1. The molecule has 0 aliphatic rings. The van der Waals surface area contributed by atoms with Gasteiger partial charge in [0.15, 0.2) is 11.5 Å². The Morgan fingerprint density at radius 1 is 1.06 bits per heavy atom. The van der Waals surface area contributed by atoms with E-state index in [4.69, 9.17) is 21.1 Å². The molecule has 3 rings (SSSR count). The fourth-order valence-electron chi connectivity index (χ4n) is 3.11. The van der Waals surface area contributed by atoms with Crippen molar-refractivity contribution in [1.82, 2.24) is 5.43 Å². The van der Waals surface area contributed by atoms with Crippen molar-refractivity contribution in [3.05, 3.63) is 86.3 Å². The van der Waals surface area contributed by atoms with E-state index in [1.165, 1.54) is 13.3 Å². The highest BCUT2D eigenvalue weighted by Crippen LogP contribution is 2.37. The number of hydrogen-bond acceptors (Lipinski definition) is 5. The molecule has 0 fully saturated rings. The lowest BCUT2D eigenvalue weighted by Crippen LogP contribution is -2.24. The first kappa shape index (κ1) is 26.2. The molecule has 0 aliphatic carbocycles. The summed E-state index contributed by atoms with van der Waals surface area (Å²) in [6, 6.07) is 16.5. The van der Waals surface area contributed by atoms with Gasteiger partial charge in [0.1, 0.15) is 13.0 Å². The molecular weight excluding hydrogens is 534 g/mol. The number of rotatable bonds is 9. The van der Waals surface area contributed by atoms with E-state index in [0.29, 0.717) is 32.2 Å². The molecule has 35 heavy (non-hydrogen) atoms. The van der Waals surface area contributed by atoms with Crippen LogP contribution in [0.1, 0.15) is 28.7 Å². The van der Waals surface area contributed by atoms with E-state index in [1.807, 2.05) is 44.2 Å². The van der Waals surface area contributed by atoms with E-state index in [-0.39, 0.29) is 13.0 Å². The van der Waals surface area contributed by atoms with Crippen LogP contribution in [0.15, 0.2) is 64.2 Å². The number of carbonyl (C=O) groups is 2. The summed E-state index contributed by atoms with van der Waals surface area (Å²) >= 11 is 9.68. The summed E-state index contributed by atoms with van der Waals surface area (Å²) in [4.78, 5) is 24.2. The summed E-state index contributed by atoms with van der Waals surface area (Å²) in [7, 11) is 1.53. The first-order valence-electron chi connectivity index (χ1n) is 10.7. The Morgan fingerprint density at radius 2 is 1.83 bits per heavy atom. The van der Waals surface area contributed by atoms with Crippen molar-refractivity contribution < 1.29 is 19.1 Å². The van der Waals surface area contributed by atoms with Crippen LogP contribution in [0.4, 0.5) is 5.69 Å². The van der Waals surface area contributed by atoms with Gasteiger partial charge < -0.3 is 14.8 Å². The number of nitrogens with zero attached hydrogens (tertiary/aromatic N) is 1. The summed E-state index contributed by atoms with van der Waals surface area (Å²) in [6.45, 7) is 4.21. The summed E-state index contributed by atoms with van der Waals surface area (Å²) < 4.78 is 12.0. The van der Waals surface area contributed by atoms with E-state index in [0.717, 1.165) is 16.7 Å². The van der Waals surface area contributed by atoms with Crippen molar-refractivity contribution in [1.29, 1.82) is 0 Å². The molecule has 9 heteroatoms. The highest BCUT2D eigenvalue weighted by molar-refractivity contribution is 9.10. The predicted octanol–water partition coefficient (Wildman–Crippen LogP) is 5.79. The van der Waals surface area contributed by atoms with Gasteiger partial charge in [0.25, 0.3) is 0 Å². The average Bonchev–Trinajstić information content (AvgIpc) is 2.81. The van der Waals surface area contributed by atoms with Crippen LogP contribution in [0.3, 0.4) is 0 Å². The first-order valence-corrected chi connectivity index (χ1v) is 11.9. The molecule has 0 saturated carbocycles. The van der Waals surface area contributed by atoms with Crippen molar-refractivity contribution in [2.24, 2.45) is 5.10 Å². The van der Waals surface area contributed by atoms with Gasteiger partial charge in [0, 0.05) is 16.3 Å². The molecule has 0 atom stereocenters. The molecule has 0 saturated heterocycles. The Kier molecular flexibility index (Phi) is 9.28. The molecule has 182 valence electrons. The van der Waals surface area contributed by atoms with Gasteiger partial charge in [0.05, 0.1) is 17.8 Å². The van der Waals surface area contributed by atoms with E-state index < -0.39 is 11.8 Å². The van der Waals surface area contributed by atoms with Gasteiger partial charge in [-0.2, -0.15) is 5.10 Å². The number of halogens is 2. The summed E-state index contributed by atoms with van der Waals surface area (Å²) in [5.74, 6) is 0.0299.